The van der Waals surface area contributed by atoms with Crippen molar-refractivity contribution in [2.75, 3.05) is 19.6 Å². The molecule has 1 aliphatic carbocycles. The Morgan fingerprint density at radius 3 is 2.87 bits per heavy atom. The molecule has 1 aromatic rings. The van der Waals surface area contributed by atoms with E-state index in [1.807, 2.05) is 0 Å². The highest BCUT2D eigenvalue weighted by Gasteiger charge is 2.32. The molecule has 1 aliphatic heterocycles. The van der Waals surface area contributed by atoms with Crippen molar-refractivity contribution in [2.24, 2.45) is 16.6 Å². The van der Waals surface area contributed by atoms with Gasteiger partial charge < -0.3 is 11.1 Å². The zero-order valence-electron chi connectivity index (χ0n) is 13.1. The second-order valence-corrected chi connectivity index (χ2v) is 9.41. The van der Waals surface area contributed by atoms with E-state index in [-0.39, 0.29) is 5.92 Å². The van der Waals surface area contributed by atoms with Gasteiger partial charge in [0.05, 0.1) is 0 Å². The van der Waals surface area contributed by atoms with Crippen LogP contribution in [0.4, 0.5) is 0 Å². The molecule has 3 N–H and O–H groups in total. The Hall–Kier alpha value is -1.12. The lowest BCUT2D eigenvalue weighted by Crippen LogP contribution is -2.39. The third-order valence-corrected chi connectivity index (χ3v) is 7.80. The fourth-order valence-corrected chi connectivity index (χ4v) is 5.93. The van der Waals surface area contributed by atoms with Crippen LogP contribution >= 0.6 is 11.3 Å². The highest BCUT2D eigenvalue weighted by atomic mass is 32.2. The van der Waals surface area contributed by atoms with Crippen molar-refractivity contribution in [3.05, 3.63) is 17.5 Å². The Labute approximate surface area is 141 Å². The van der Waals surface area contributed by atoms with Crippen LogP contribution in [0.5, 0.6) is 0 Å². The van der Waals surface area contributed by atoms with Gasteiger partial charge in [0.25, 0.3) is 10.0 Å². The number of aliphatic imine (C=N–C) groups is 1. The average Bonchev–Trinajstić information content (AvgIpc) is 3.26. The summed E-state index contributed by atoms with van der Waals surface area (Å²) in [5.41, 5.74) is 5.94. The van der Waals surface area contributed by atoms with E-state index in [9.17, 15) is 8.42 Å². The van der Waals surface area contributed by atoms with Crippen LogP contribution < -0.4 is 11.1 Å². The summed E-state index contributed by atoms with van der Waals surface area (Å²) in [5, 5.41) is 5.06. The molecule has 0 radical (unpaired) electrons. The molecule has 2 aliphatic rings. The van der Waals surface area contributed by atoms with Gasteiger partial charge in [0.1, 0.15) is 4.21 Å². The largest absolute Gasteiger partial charge is 0.370 e. The number of guanidine groups is 1. The van der Waals surface area contributed by atoms with E-state index in [1.165, 1.54) is 24.2 Å². The maximum Gasteiger partial charge on any atom is 0.252 e. The van der Waals surface area contributed by atoms with E-state index in [2.05, 4.69) is 10.3 Å². The second-order valence-electron chi connectivity index (χ2n) is 6.30. The van der Waals surface area contributed by atoms with Gasteiger partial charge in [-0.1, -0.05) is 18.9 Å². The first-order chi connectivity index (χ1) is 11.1. The lowest BCUT2D eigenvalue weighted by molar-refractivity contribution is 0.460. The van der Waals surface area contributed by atoms with Crippen molar-refractivity contribution >= 4 is 27.3 Å². The molecule has 1 saturated carbocycles. The SMILES string of the molecule is NC(=NCC1CCN(S(=O)(=O)c2cccs2)C1)NC1CCCC1. The number of rotatable bonds is 5. The van der Waals surface area contributed by atoms with Crippen molar-refractivity contribution in [3.63, 3.8) is 0 Å². The zero-order chi connectivity index (χ0) is 16.3. The summed E-state index contributed by atoms with van der Waals surface area (Å²) < 4.78 is 26.9. The Morgan fingerprint density at radius 2 is 2.17 bits per heavy atom. The molecule has 0 spiro atoms. The molecule has 2 fully saturated rings. The van der Waals surface area contributed by atoms with Crippen LogP contribution in [0, 0.1) is 5.92 Å². The predicted octanol–water partition coefficient (Wildman–Crippen LogP) is 1.61. The van der Waals surface area contributed by atoms with E-state index < -0.39 is 10.0 Å². The van der Waals surface area contributed by atoms with E-state index in [0.717, 1.165) is 19.3 Å². The number of nitrogens with two attached hydrogens (primary N) is 1. The normalized spacial score (nSPS) is 24.3. The van der Waals surface area contributed by atoms with Gasteiger partial charge in [0.15, 0.2) is 5.96 Å². The summed E-state index contributed by atoms with van der Waals surface area (Å²) in [6, 6.07) is 3.89. The zero-order valence-corrected chi connectivity index (χ0v) is 14.8. The van der Waals surface area contributed by atoms with E-state index in [1.54, 1.807) is 21.8 Å². The van der Waals surface area contributed by atoms with Crippen molar-refractivity contribution in [1.29, 1.82) is 0 Å². The third kappa shape index (κ3) is 4.05. The molecule has 1 atom stereocenters. The molecule has 23 heavy (non-hydrogen) atoms. The van der Waals surface area contributed by atoms with Crippen LogP contribution in [-0.4, -0.2) is 44.4 Å². The van der Waals surface area contributed by atoms with Gasteiger partial charge >= 0.3 is 0 Å². The first-order valence-corrected chi connectivity index (χ1v) is 10.5. The topological polar surface area (TPSA) is 87.8 Å². The van der Waals surface area contributed by atoms with E-state index >= 15 is 0 Å². The summed E-state index contributed by atoms with van der Waals surface area (Å²) in [4.78, 5) is 4.41. The monoisotopic (exact) mass is 356 g/mol. The average molecular weight is 357 g/mol. The van der Waals surface area contributed by atoms with Crippen molar-refractivity contribution < 1.29 is 8.42 Å². The molecule has 0 amide bonds. The number of thiophene rings is 1. The van der Waals surface area contributed by atoms with Crippen LogP contribution in [0.25, 0.3) is 0 Å². The smallest absolute Gasteiger partial charge is 0.252 e. The van der Waals surface area contributed by atoms with Gasteiger partial charge in [0, 0.05) is 25.7 Å². The van der Waals surface area contributed by atoms with Crippen LogP contribution in [0.1, 0.15) is 32.1 Å². The molecule has 0 aromatic carbocycles. The molecular formula is C15H24N4O2S2. The molecule has 2 heterocycles. The number of hydrogen-bond acceptors (Lipinski definition) is 4. The lowest BCUT2D eigenvalue weighted by atomic mass is 10.1. The minimum absolute atomic E-state index is 0.244. The maximum atomic E-state index is 12.5. The number of nitrogens with one attached hydrogen (secondary N) is 1. The summed E-state index contributed by atoms with van der Waals surface area (Å²) in [7, 11) is -3.33. The molecule has 1 aromatic heterocycles. The van der Waals surface area contributed by atoms with Gasteiger partial charge in [-0.25, -0.2) is 8.42 Å². The van der Waals surface area contributed by atoms with Gasteiger partial charge in [0.2, 0.25) is 0 Å². The predicted molar refractivity (Wildman–Crippen MR) is 93.1 cm³/mol. The van der Waals surface area contributed by atoms with Gasteiger partial charge in [-0.2, -0.15) is 4.31 Å². The van der Waals surface area contributed by atoms with Crippen LogP contribution in [0.2, 0.25) is 0 Å². The number of sulfonamides is 1. The minimum atomic E-state index is -3.33. The molecule has 8 heteroatoms. The first-order valence-electron chi connectivity index (χ1n) is 8.16. The molecule has 128 valence electrons. The van der Waals surface area contributed by atoms with Crippen molar-refractivity contribution in [2.45, 2.75) is 42.4 Å². The second kappa shape index (κ2) is 7.19. The quantitative estimate of drug-likeness (QED) is 0.620. The Bertz CT molecular complexity index is 636. The maximum absolute atomic E-state index is 12.5. The van der Waals surface area contributed by atoms with Gasteiger partial charge in [-0.15, -0.1) is 11.3 Å². The van der Waals surface area contributed by atoms with Crippen LogP contribution in [-0.2, 0) is 10.0 Å². The summed E-state index contributed by atoms with van der Waals surface area (Å²) in [6.45, 7) is 1.68. The van der Waals surface area contributed by atoms with Gasteiger partial charge in [-0.3, -0.25) is 4.99 Å². The molecule has 1 unspecified atom stereocenters. The van der Waals surface area contributed by atoms with E-state index in [0.29, 0.717) is 35.8 Å². The molecule has 6 nitrogen and oxygen atoms in total. The summed E-state index contributed by atoms with van der Waals surface area (Å²) in [6.07, 6.45) is 5.66. The van der Waals surface area contributed by atoms with Crippen LogP contribution in [0.15, 0.2) is 26.7 Å². The summed E-state index contributed by atoms with van der Waals surface area (Å²) >= 11 is 1.27. The molecular weight excluding hydrogens is 332 g/mol. The fourth-order valence-electron chi connectivity index (χ4n) is 3.25. The lowest BCUT2D eigenvalue weighted by Gasteiger charge is -2.15. The minimum Gasteiger partial charge on any atom is -0.370 e. The first kappa shape index (κ1) is 16.7. The number of nitrogens with zero attached hydrogens (tertiary/aromatic N) is 2. The molecule has 0 bridgehead atoms. The van der Waals surface area contributed by atoms with E-state index in [4.69, 9.17) is 5.73 Å². The van der Waals surface area contributed by atoms with Crippen molar-refractivity contribution in [1.82, 2.24) is 9.62 Å². The highest BCUT2D eigenvalue weighted by molar-refractivity contribution is 7.91. The number of hydrogen-bond donors (Lipinski definition) is 2. The highest BCUT2D eigenvalue weighted by Crippen LogP contribution is 2.27. The molecule has 3 rings (SSSR count). The standard InChI is InChI=1S/C15H24N4O2S2/c16-15(18-13-4-1-2-5-13)17-10-12-7-8-19(11-12)23(20,21)14-6-3-9-22-14/h3,6,9,12-13H,1-2,4-5,7-8,10-11H2,(H3,16,17,18). The fraction of sp³-hybridized carbons (Fsp3) is 0.667. The Kier molecular flexibility index (Phi) is 5.23. The van der Waals surface area contributed by atoms with Crippen molar-refractivity contribution in [3.8, 4) is 0 Å². The third-order valence-electron chi connectivity index (χ3n) is 4.56. The Balaban J connectivity index is 1.51. The molecule has 1 saturated heterocycles. The van der Waals surface area contributed by atoms with Gasteiger partial charge in [-0.05, 0) is 36.6 Å². The Morgan fingerprint density at radius 1 is 1.39 bits per heavy atom. The summed E-state index contributed by atoms with van der Waals surface area (Å²) in [5.74, 6) is 0.741. The van der Waals surface area contributed by atoms with Crippen LogP contribution in [0.3, 0.4) is 0 Å².